The van der Waals surface area contributed by atoms with Crippen molar-refractivity contribution in [1.29, 1.82) is 0 Å². The molecule has 0 spiro atoms. The van der Waals surface area contributed by atoms with E-state index in [1.54, 1.807) is 13.1 Å². The van der Waals surface area contributed by atoms with E-state index in [-0.39, 0.29) is 11.7 Å². The van der Waals surface area contributed by atoms with Crippen molar-refractivity contribution >= 4 is 21.8 Å². The molecule has 0 atom stereocenters. The Hall–Kier alpha value is -1.95. The maximum atomic E-state index is 12.3. The first kappa shape index (κ1) is 16.4. The Labute approximate surface area is 135 Å². The highest BCUT2D eigenvalue weighted by atomic mass is 79.9. The van der Waals surface area contributed by atoms with Crippen LogP contribution >= 0.6 is 15.9 Å². The van der Waals surface area contributed by atoms with E-state index in [1.807, 2.05) is 24.3 Å². The quantitative estimate of drug-likeness (QED) is 0.785. The number of rotatable bonds is 5. The van der Waals surface area contributed by atoms with Crippen LogP contribution in [0.15, 0.2) is 53.0 Å². The Morgan fingerprint density at radius 3 is 2.55 bits per heavy atom. The van der Waals surface area contributed by atoms with Gasteiger partial charge in [-0.2, -0.15) is 8.78 Å². The van der Waals surface area contributed by atoms with Crippen LogP contribution in [0.5, 0.6) is 5.75 Å². The van der Waals surface area contributed by atoms with Gasteiger partial charge < -0.3 is 9.64 Å². The Morgan fingerprint density at radius 2 is 1.91 bits per heavy atom. The molecule has 2 rings (SSSR count). The van der Waals surface area contributed by atoms with Crippen molar-refractivity contribution in [2.75, 3.05) is 7.05 Å². The summed E-state index contributed by atoms with van der Waals surface area (Å²) in [6.07, 6.45) is 0. The molecular formula is C16H14BrF2NO2. The fraction of sp³-hybridized carbons (Fsp3) is 0.188. The highest BCUT2D eigenvalue weighted by Gasteiger charge is 2.14. The summed E-state index contributed by atoms with van der Waals surface area (Å²) >= 11 is 3.35. The van der Waals surface area contributed by atoms with Crippen LogP contribution in [0.4, 0.5) is 8.78 Å². The van der Waals surface area contributed by atoms with Crippen LogP contribution in [0.3, 0.4) is 0 Å². The smallest absolute Gasteiger partial charge is 0.387 e. The van der Waals surface area contributed by atoms with Gasteiger partial charge in [0, 0.05) is 23.6 Å². The Kier molecular flexibility index (Phi) is 5.49. The van der Waals surface area contributed by atoms with Crippen molar-refractivity contribution in [2.24, 2.45) is 0 Å². The first-order chi connectivity index (χ1) is 10.5. The maximum absolute atomic E-state index is 12.3. The molecule has 6 heteroatoms. The first-order valence-corrected chi connectivity index (χ1v) is 7.30. The number of hydrogen-bond acceptors (Lipinski definition) is 2. The van der Waals surface area contributed by atoms with Gasteiger partial charge in [0.15, 0.2) is 0 Å². The largest absolute Gasteiger partial charge is 0.435 e. The van der Waals surface area contributed by atoms with Gasteiger partial charge in [0.25, 0.3) is 5.91 Å². The van der Waals surface area contributed by atoms with Gasteiger partial charge in [0.1, 0.15) is 5.75 Å². The highest BCUT2D eigenvalue weighted by Crippen LogP contribution is 2.18. The average molecular weight is 370 g/mol. The second kappa shape index (κ2) is 7.35. The van der Waals surface area contributed by atoms with Gasteiger partial charge >= 0.3 is 6.61 Å². The van der Waals surface area contributed by atoms with Gasteiger partial charge in [0.05, 0.1) is 0 Å². The zero-order valence-corrected chi connectivity index (χ0v) is 13.4. The lowest BCUT2D eigenvalue weighted by Gasteiger charge is -2.18. The molecular weight excluding hydrogens is 356 g/mol. The molecule has 0 aromatic heterocycles. The van der Waals surface area contributed by atoms with Crippen LogP contribution in [0.1, 0.15) is 15.9 Å². The fourth-order valence-electron chi connectivity index (χ4n) is 1.96. The van der Waals surface area contributed by atoms with E-state index in [0.29, 0.717) is 12.1 Å². The zero-order valence-electron chi connectivity index (χ0n) is 11.8. The van der Waals surface area contributed by atoms with Crippen LogP contribution in [0.25, 0.3) is 0 Å². The average Bonchev–Trinajstić information content (AvgIpc) is 2.48. The van der Waals surface area contributed by atoms with E-state index >= 15 is 0 Å². The summed E-state index contributed by atoms with van der Waals surface area (Å²) < 4.78 is 29.7. The van der Waals surface area contributed by atoms with Crippen LogP contribution in [0.2, 0.25) is 0 Å². The molecule has 0 N–H and O–H groups in total. The second-order valence-electron chi connectivity index (χ2n) is 4.69. The summed E-state index contributed by atoms with van der Waals surface area (Å²) in [5.74, 6) is -0.291. The number of carbonyl (C=O) groups excluding carboxylic acids is 1. The van der Waals surface area contributed by atoms with Crippen molar-refractivity contribution in [3.05, 3.63) is 64.1 Å². The molecule has 1 amide bonds. The third kappa shape index (κ3) is 4.53. The van der Waals surface area contributed by atoms with E-state index in [4.69, 9.17) is 0 Å². The summed E-state index contributed by atoms with van der Waals surface area (Å²) in [6.45, 7) is -2.49. The third-order valence-corrected chi connectivity index (χ3v) is 3.51. The number of amides is 1. The van der Waals surface area contributed by atoms with Crippen LogP contribution < -0.4 is 4.74 Å². The topological polar surface area (TPSA) is 29.5 Å². The monoisotopic (exact) mass is 369 g/mol. The molecule has 2 aromatic carbocycles. The minimum atomic E-state index is -2.91. The van der Waals surface area contributed by atoms with Gasteiger partial charge in [-0.1, -0.05) is 34.1 Å². The van der Waals surface area contributed by atoms with Gasteiger partial charge in [-0.15, -0.1) is 0 Å². The number of benzene rings is 2. The number of nitrogens with zero attached hydrogens (tertiary/aromatic N) is 1. The van der Waals surface area contributed by atoms with Crippen LogP contribution in [-0.2, 0) is 6.54 Å². The van der Waals surface area contributed by atoms with Gasteiger partial charge in [0.2, 0.25) is 0 Å². The molecule has 0 aliphatic heterocycles. The van der Waals surface area contributed by atoms with Crippen molar-refractivity contribution in [2.45, 2.75) is 13.2 Å². The summed E-state index contributed by atoms with van der Waals surface area (Å²) in [5, 5.41) is 0. The predicted octanol–water partition coefficient (Wildman–Crippen LogP) is 4.32. The molecule has 0 bridgehead atoms. The molecule has 0 saturated heterocycles. The number of carbonyl (C=O) groups is 1. The minimum absolute atomic E-state index is 0.0297. The SMILES string of the molecule is CN(Cc1ccc(Br)cc1)C(=O)c1cccc(OC(F)F)c1. The first-order valence-electron chi connectivity index (χ1n) is 6.50. The van der Waals surface area contributed by atoms with E-state index < -0.39 is 6.61 Å². The second-order valence-corrected chi connectivity index (χ2v) is 5.61. The molecule has 22 heavy (non-hydrogen) atoms. The fourth-order valence-corrected chi connectivity index (χ4v) is 2.23. The summed E-state index contributed by atoms with van der Waals surface area (Å²) in [4.78, 5) is 13.8. The molecule has 0 aliphatic rings. The van der Waals surface area contributed by atoms with E-state index in [2.05, 4.69) is 20.7 Å². The van der Waals surface area contributed by atoms with Crippen molar-refractivity contribution < 1.29 is 18.3 Å². The summed E-state index contributed by atoms with van der Waals surface area (Å²) in [6, 6.07) is 13.4. The molecule has 2 aromatic rings. The molecule has 0 radical (unpaired) electrons. The van der Waals surface area contributed by atoms with Crippen LogP contribution in [-0.4, -0.2) is 24.5 Å². The number of halogens is 3. The van der Waals surface area contributed by atoms with Gasteiger partial charge in [-0.25, -0.2) is 0 Å². The number of alkyl halides is 2. The number of ether oxygens (including phenoxy) is 1. The molecule has 0 saturated carbocycles. The molecule has 116 valence electrons. The lowest BCUT2D eigenvalue weighted by molar-refractivity contribution is -0.0499. The normalized spacial score (nSPS) is 10.6. The molecule has 0 heterocycles. The number of hydrogen-bond donors (Lipinski definition) is 0. The van der Waals surface area contributed by atoms with Gasteiger partial charge in [-0.05, 0) is 35.9 Å². The zero-order chi connectivity index (χ0) is 16.1. The summed E-state index contributed by atoms with van der Waals surface area (Å²) in [5.41, 5.74) is 1.27. The predicted molar refractivity (Wildman–Crippen MR) is 83.0 cm³/mol. The molecule has 3 nitrogen and oxygen atoms in total. The lowest BCUT2D eigenvalue weighted by atomic mass is 10.1. The standard InChI is InChI=1S/C16H14BrF2NO2/c1-20(10-11-5-7-13(17)8-6-11)15(21)12-3-2-4-14(9-12)22-16(18)19/h2-9,16H,10H2,1H3. The lowest BCUT2D eigenvalue weighted by Crippen LogP contribution is -2.26. The van der Waals surface area contributed by atoms with E-state index in [0.717, 1.165) is 10.0 Å². The van der Waals surface area contributed by atoms with Crippen molar-refractivity contribution in [3.63, 3.8) is 0 Å². The molecule has 0 unspecified atom stereocenters. The minimum Gasteiger partial charge on any atom is -0.435 e. The highest BCUT2D eigenvalue weighted by molar-refractivity contribution is 9.10. The van der Waals surface area contributed by atoms with Crippen molar-refractivity contribution in [1.82, 2.24) is 4.90 Å². The van der Waals surface area contributed by atoms with Crippen LogP contribution in [0, 0.1) is 0 Å². The Bertz CT molecular complexity index is 647. The Morgan fingerprint density at radius 1 is 1.23 bits per heavy atom. The maximum Gasteiger partial charge on any atom is 0.387 e. The Balaban J connectivity index is 2.08. The molecule has 0 fully saturated rings. The van der Waals surface area contributed by atoms with E-state index in [1.165, 1.54) is 23.1 Å². The van der Waals surface area contributed by atoms with E-state index in [9.17, 15) is 13.6 Å². The molecule has 0 aliphatic carbocycles. The van der Waals surface area contributed by atoms with Crippen molar-refractivity contribution in [3.8, 4) is 5.75 Å². The third-order valence-electron chi connectivity index (χ3n) is 2.99. The van der Waals surface area contributed by atoms with Gasteiger partial charge in [-0.3, -0.25) is 4.79 Å². The summed E-state index contributed by atoms with van der Waals surface area (Å²) in [7, 11) is 1.66.